The number of hydrogen-bond acceptors (Lipinski definition) is 3. The largest absolute Gasteiger partial charge is 0.347 e. The van der Waals surface area contributed by atoms with Crippen molar-refractivity contribution < 1.29 is 9.59 Å². The van der Waals surface area contributed by atoms with Gasteiger partial charge in [-0.2, -0.15) is 0 Å². The van der Waals surface area contributed by atoms with E-state index >= 15 is 0 Å². The van der Waals surface area contributed by atoms with Gasteiger partial charge in [0.1, 0.15) is 6.54 Å². The van der Waals surface area contributed by atoms with E-state index < -0.39 is 0 Å². The molecule has 0 bridgehead atoms. The van der Waals surface area contributed by atoms with Crippen molar-refractivity contribution in [3.05, 3.63) is 35.9 Å². The molecular weight excluding hydrogens is 340 g/mol. The lowest BCUT2D eigenvalue weighted by atomic mass is 9.63. The van der Waals surface area contributed by atoms with Crippen molar-refractivity contribution in [2.45, 2.75) is 36.6 Å². The van der Waals surface area contributed by atoms with E-state index in [4.69, 9.17) is 0 Å². The first-order valence-electron chi connectivity index (χ1n) is 9.74. The zero-order chi connectivity index (χ0) is 19.7. The molecule has 2 aliphatic rings. The van der Waals surface area contributed by atoms with Crippen LogP contribution in [0.15, 0.2) is 30.3 Å². The number of likely N-dealkylation sites (N-methyl/N-ethyl adjacent to an activating group) is 2. The lowest BCUT2D eigenvalue weighted by Gasteiger charge is -2.49. The Morgan fingerprint density at radius 3 is 2.26 bits per heavy atom. The first kappa shape index (κ1) is 19.7. The molecule has 1 aliphatic carbocycles. The van der Waals surface area contributed by atoms with Crippen LogP contribution < -0.4 is 5.32 Å². The number of rotatable bonds is 5. The molecule has 0 radical (unpaired) electrons. The van der Waals surface area contributed by atoms with Crippen LogP contribution in [-0.4, -0.2) is 80.0 Å². The maximum absolute atomic E-state index is 12.5. The Labute approximate surface area is 162 Å². The van der Waals surface area contributed by atoms with Gasteiger partial charge in [0.15, 0.2) is 0 Å². The van der Waals surface area contributed by atoms with Gasteiger partial charge < -0.3 is 20.0 Å². The Morgan fingerprint density at radius 1 is 1.07 bits per heavy atom. The molecular formula is C21H32N4O2. The fourth-order valence-corrected chi connectivity index (χ4v) is 4.74. The zero-order valence-electron chi connectivity index (χ0n) is 17.0. The van der Waals surface area contributed by atoms with Gasteiger partial charge in [0.2, 0.25) is 5.91 Å². The Kier molecular flexibility index (Phi) is 5.47. The van der Waals surface area contributed by atoms with Crippen molar-refractivity contribution in [3.8, 4) is 0 Å². The molecule has 1 saturated carbocycles. The third kappa shape index (κ3) is 3.81. The van der Waals surface area contributed by atoms with Crippen molar-refractivity contribution in [3.63, 3.8) is 0 Å². The number of carbonyl (C=O) groups is 2. The van der Waals surface area contributed by atoms with E-state index in [1.54, 1.807) is 23.9 Å². The average molecular weight is 373 g/mol. The van der Waals surface area contributed by atoms with E-state index in [1.165, 1.54) is 5.56 Å². The minimum atomic E-state index is -0.243. The van der Waals surface area contributed by atoms with E-state index in [2.05, 4.69) is 54.6 Å². The minimum Gasteiger partial charge on any atom is -0.347 e. The summed E-state index contributed by atoms with van der Waals surface area (Å²) in [4.78, 5) is 30.3. The molecule has 6 nitrogen and oxygen atoms in total. The number of nitrogens with zero attached hydrogens (tertiary/aromatic N) is 3. The van der Waals surface area contributed by atoms with E-state index in [0.29, 0.717) is 6.54 Å². The van der Waals surface area contributed by atoms with Crippen molar-refractivity contribution in [2.75, 3.05) is 47.8 Å². The van der Waals surface area contributed by atoms with Crippen LogP contribution >= 0.6 is 0 Å². The van der Waals surface area contributed by atoms with Gasteiger partial charge in [-0.25, -0.2) is 4.79 Å². The Morgan fingerprint density at radius 2 is 1.70 bits per heavy atom. The fourth-order valence-electron chi connectivity index (χ4n) is 4.74. The summed E-state index contributed by atoms with van der Waals surface area (Å²) in [7, 11) is 7.72. The predicted molar refractivity (Wildman–Crippen MR) is 107 cm³/mol. The monoisotopic (exact) mass is 372 g/mol. The smallest absolute Gasteiger partial charge is 0.318 e. The topological polar surface area (TPSA) is 55.9 Å². The maximum atomic E-state index is 12.5. The van der Waals surface area contributed by atoms with Crippen LogP contribution in [0.5, 0.6) is 0 Å². The molecule has 3 rings (SSSR count). The molecule has 1 N–H and O–H groups in total. The van der Waals surface area contributed by atoms with E-state index in [0.717, 1.165) is 32.2 Å². The molecule has 6 heteroatoms. The van der Waals surface area contributed by atoms with E-state index in [-0.39, 0.29) is 29.4 Å². The molecule has 0 aromatic heterocycles. The average Bonchev–Trinajstić information content (AvgIpc) is 2.94. The summed E-state index contributed by atoms with van der Waals surface area (Å²) in [5.74, 6) is -0.0281. The molecule has 1 aromatic rings. The molecule has 1 heterocycles. The van der Waals surface area contributed by atoms with Gasteiger partial charge in [0.25, 0.3) is 0 Å². The van der Waals surface area contributed by atoms with Gasteiger partial charge in [-0.15, -0.1) is 0 Å². The van der Waals surface area contributed by atoms with Gasteiger partial charge >= 0.3 is 6.03 Å². The summed E-state index contributed by atoms with van der Waals surface area (Å²) in [6.07, 6.45) is 3.85. The lowest BCUT2D eigenvalue weighted by Crippen LogP contribution is -2.55. The highest BCUT2D eigenvalue weighted by Crippen LogP contribution is 2.46. The van der Waals surface area contributed by atoms with Gasteiger partial charge in [0.05, 0.1) is 5.54 Å². The highest BCUT2D eigenvalue weighted by atomic mass is 16.2. The molecule has 2 fully saturated rings. The van der Waals surface area contributed by atoms with Crippen LogP contribution in [0.4, 0.5) is 4.79 Å². The summed E-state index contributed by atoms with van der Waals surface area (Å²) in [6.45, 7) is 1.79. The van der Waals surface area contributed by atoms with Gasteiger partial charge in [-0.1, -0.05) is 30.3 Å². The van der Waals surface area contributed by atoms with Crippen LogP contribution in [0.2, 0.25) is 0 Å². The Hall–Kier alpha value is -2.08. The molecule has 1 aromatic carbocycles. The predicted octanol–water partition coefficient (Wildman–Crippen LogP) is 1.91. The summed E-state index contributed by atoms with van der Waals surface area (Å²) < 4.78 is 0. The normalized spacial score (nSPS) is 27.9. The Bertz CT molecular complexity index is 679. The quantitative estimate of drug-likeness (QED) is 0.859. The minimum absolute atomic E-state index is 0.0281. The SMILES string of the molecule is CN(C)C[C@]1(c2ccccc2)CC[C@]2(CC1)CNC(=O)N2CC(=O)N(C)C. The fraction of sp³-hybridized carbons (Fsp3) is 0.619. The van der Waals surface area contributed by atoms with Gasteiger partial charge in [0, 0.05) is 32.6 Å². The van der Waals surface area contributed by atoms with Crippen LogP contribution in [0.1, 0.15) is 31.2 Å². The summed E-state index contributed by atoms with van der Waals surface area (Å²) in [6, 6.07) is 10.6. The van der Waals surface area contributed by atoms with Crippen LogP contribution in [0.25, 0.3) is 0 Å². The number of benzene rings is 1. The van der Waals surface area contributed by atoms with Crippen LogP contribution in [-0.2, 0) is 10.2 Å². The molecule has 1 spiro atoms. The number of carbonyl (C=O) groups excluding carboxylic acids is 2. The van der Waals surface area contributed by atoms with Gasteiger partial charge in [-0.05, 0) is 45.3 Å². The standard InChI is InChI=1S/C21H32N4O2/c1-23(2)16-20(17-8-6-5-7-9-17)10-12-21(13-11-20)15-22-19(27)25(21)14-18(26)24(3)4/h5-9H,10-16H2,1-4H3,(H,22,27)/t20-,21-. The van der Waals surface area contributed by atoms with Crippen LogP contribution in [0.3, 0.4) is 0 Å². The zero-order valence-corrected chi connectivity index (χ0v) is 17.0. The highest BCUT2D eigenvalue weighted by Gasteiger charge is 2.51. The molecule has 1 aliphatic heterocycles. The summed E-state index contributed by atoms with van der Waals surface area (Å²) in [5.41, 5.74) is 1.23. The number of amides is 3. The number of hydrogen-bond donors (Lipinski definition) is 1. The second kappa shape index (κ2) is 7.50. The molecule has 3 amide bonds. The molecule has 1 saturated heterocycles. The third-order valence-corrected chi connectivity index (χ3v) is 6.32. The molecule has 148 valence electrons. The Balaban J connectivity index is 1.82. The molecule has 0 unspecified atom stereocenters. The van der Waals surface area contributed by atoms with Crippen molar-refractivity contribution in [1.82, 2.24) is 20.0 Å². The summed E-state index contributed by atoms with van der Waals surface area (Å²) >= 11 is 0. The first-order chi connectivity index (χ1) is 12.8. The van der Waals surface area contributed by atoms with Crippen molar-refractivity contribution >= 4 is 11.9 Å². The summed E-state index contributed by atoms with van der Waals surface area (Å²) in [5, 5.41) is 2.99. The molecule has 0 atom stereocenters. The van der Waals surface area contributed by atoms with Crippen LogP contribution in [0, 0.1) is 0 Å². The van der Waals surface area contributed by atoms with E-state index in [1.807, 2.05) is 0 Å². The number of urea groups is 1. The molecule has 27 heavy (non-hydrogen) atoms. The lowest BCUT2D eigenvalue weighted by molar-refractivity contribution is -0.130. The van der Waals surface area contributed by atoms with Gasteiger partial charge in [-0.3, -0.25) is 4.79 Å². The first-order valence-corrected chi connectivity index (χ1v) is 9.74. The van der Waals surface area contributed by atoms with Crippen molar-refractivity contribution in [2.24, 2.45) is 0 Å². The van der Waals surface area contributed by atoms with Crippen molar-refractivity contribution in [1.29, 1.82) is 0 Å². The van der Waals surface area contributed by atoms with E-state index in [9.17, 15) is 9.59 Å². The maximum Gasteiger partial charge on any atom is 0.318 e. The third-order valence-electron chi connectivity index (χ3n) is 6.32. The second-order valence-corrected chi connectivity index (χ2v) is 8.64. The highest BCUT2D eigenvalue weighted by molar-refractivity contribution is 5.85. The number of nitrogens with one attached hydrogen (secondary N) is 1. The second-order valence-electron chi connectivity index (χ2n) is 8.64.